The molecule has 0 aromatic carbocycles. The summed E-state index contributed by atoms with van der Waals surface area (Å²) in [5.41, 5.74) is 2.83. The Morgan fingerprint density at radius 1 is 1.04 bits per heavy atom. The lowest BCUT2D eigenvalue weighted by molar-refractivity contribution is -0.697. The highest BCUT2D eigenvalue weighted by Crippen LogP contribution is 2.31. The van der Waals surface area contributed by atoms with Gasteiger partial charge in [0.15, 0.2) is 12.4 Å². The Morgan fingerprint density at radius 2 is 1.74 bits per heavy atom. The van der Waals surface area contributed by atoms with E-state index < -0.39 is 0 Å². The SMILES string of the molecule is [CH]CCCC[n+]1ccc(C(C)CC(CC)c2ccncc2)cc1. The fraction of sp³-hybridized carbons (Fsp3) is 0.476. The van der Waals surface area contributed by atoms with Gasteiger partial charge in [0.05, 0.1) is 0 Å². The molecule has 2 nitrogen and oxygen atoms in total. The molecule has 0 N–H and O–H groups in total. The molecule has 2 unspecified atom stereocenters. The van der Waals surface area contributed by atoms with E-state index in [2.05, 4.69) is 60.1 Å². The highest BCUT2D eigenvalue weighted by molar-refractivity contribution is 5.19. The molecule has 0 amide bonds. The van der Waals surface area contributed by atoms with Crippen molar-refractivity contribution in [1.29, 1.82) is 0 Å². The minimum Gasteiger partial charge on any atom is -0.265 e. The molecule has 0 saturated carbocycles. The molecule has 0 aliphatic heterocycles. The molecule has 122 valence electrons. The van der Waals surface area contributed by atoms with Crippen molar-refractivity contribution in [2.24, 2.45) is 0 Å². The zero-order valence-electron chi connectivity index (χ0n) is 14.5. The molecular formula is C21H29N2+. The third-order valence-corrected chi connectivity index (χ3v) is 4.66. The van der Waals surface area contributed by atoms with Gasteiger partial charge in [0.1, 0.15) is 6.54 Å². The van der Waals surface area contributed by atoms with E-state index in [1.54, 1.807) is 0 Å². The molecule has 0 aliphatic carbocycles. The zero-order chi connectivity index (χ0) is 16.5. The van der Waals surface area contributed by atoms with Crippen molar-refractivity contribution in [3.8, 4) is 0 Å². The van der Waals surface area contributed by atoms with Gasteiger partial charge in [-0.1, -0.05) is 13.8 Å². The van der Waals surface area contributed by atoms with Gasteiger partial charge in [-0.3, -0.25) is 4.98 Å². The van der Waals surface area contributed by atoms with E-state index in [0.29, 0.717) is 11.8 Å². The van der Waals surface area contributed by atoms with E-state index in [0.717, 1.165) is 25.8 Å². The number of pyridine rings is 2. The first kappa shape index (κ1) is 17.7. The average Bonchev–Trinajstić information content (AvgIpc) is 2.61. The van der Waals surface area contributed by atoms with Gasteiger partial charge in [-0.25, -0.2) is 4.57 Å². The van der Waals surface area contributed by atoms with E-state index in [-0.39, 0.29) is 0 Å². The number of hydrogen-bond acceptors (Lipinski definition) is 1. The summed E-state index contributed by atoms with van der Waals surface area (Å²) < 4.78 is 2.26. The topological polar surface area (TPSA) is 16.8 Å². The van der Waals surface area contributed by atoms with Gasteiger partial charge in [-0.2, -0.15) is 0 Å². The normalized spacial score (nSPS) is 13.7. The molecule has 2 radical (unpaired) electrons. The lowest BCUT2D eigenvalue weighted by atomic mass is 9.85. The average molecular weight is 309 g/mol. The Kier molecular flexibility index (Phi) is 7.25. The summed E-state index contributed by atoms with van der Waals surface area (Å²) in [5, 5.41) is 0. The molecule has 0 bridgehead atoms. The summed E-state index contributed by atoms with van der Waals surface area (Å²) in [5.74, 6) is 1.16. The van der Waals surface area contributed by atoms with Crippen molar-refractivity contribution in [2.75, 3.05) is 0 Å². The van der Waals surface area contributed by atoms with Crippen LogP contribution in [-0.4, -0.2) is 4.98 Å². The van der Waals surface area contributed by atoms with Gasteiger partial charge >= 0.3 is 0 Å². The molecular weight excluding hydrogens is 280 g/mol. The summed E-state index contributed by atoms with van der Waals surface area (Å²) in [7, 11) is 0. The number of aromatic nitrogens is 2. The minimum atomic E-state index is 0.562. The number of rotatable bonds is 9. The second-order valence-electron chi connectivity index (χ2n) is 6.39. The first-order valence-corrected chi connectivity index (χ1v) is 8.83. The lowest BCUT2D eigenvalue weighted by Crippen LogP contribution is -2.32. The van der Waals surface area contributed by atoms with Crippen molar-refractivity contribution in [1.82, 2.24) is 4.98 Å². The van der Waals surface area contributed by atoms with E-state index in [9.17, 15) is 0 Å². The quantitative estimate of drug-likeness (QED) is 0.473. The Hall–Kier alpha value is -1.70. The van der Waals surface area contributed by atoms with Crippen molar-refractivity contribution < 1.29 is 4.57 Å². The molecule has 23 heavy (non-hydrogen) atoms. The fourth-order valence-corrected chi connectivity index (χ4v) is 3.12. The first-order chi connectivity index (χ1) is 11.2. The summed E-state index contributed by atoms with van der Waals surface area (Å²) in [4.78, 5) is 4.13. The van der Waals surface area contributed by atoms with Gasteiger partial charge in [0.2, 0.25) is 0 Å². The summed E-state index contributed by atoms with van der Waals surface area (Å²) in [6.07, 6.45) is 13.6. The molecule has 0 saturated heterocycles. The van der Waals surface area contributed by atoms with Crippen LogP contribution in [0.4, 0.5) is 0 Å². The third kappa shape index (κ3) is 5.46. The van der Waals surface area contributed by atoms with E-state index in [4.69, 9.17) is 6.92 Å². The van der Waals surface area contributed by atoms with Crippen molar-refractivity contribution in [2.45, 2.75) is 64.3 Å². The Bertz CT molecular complexity index is 548. The van der Waals surface area contributed by atoms with Gasteiger partial charge < -0.3 is 0 Å². The second kappa shape index (κ2) is 9.44. The van der Waals surface area contributed by atoms with Crippen LogP contribution >= 0.6 is 0 Å². The number of unbranched alkanes of at least 4 members (excludes halogenated alkanes) is 2. The summed E-state index contributed by atoms with van der Waals surface area (Å²) in [6, 6.07) is 8.84. The molecule has 0 spiro atoms. The number of nitrogens with zero attached hydrogens (tertiary/aromatic N) is 2. The van der Waals surface area contributed by atoms with E-state index in [1.165, 1.54) is 24.0 Å². The van der Waals surface area contributed by atoms with Gasteiger partial charge in [0, 0.05) is 30.9 Å². The first-order valence-electron chi connectivity index (χ1n) is 8.83. The van der Waals surface area contributed by atoms with Crippen LogP contribution in [-0.2, 0) is 6.54 Å². The highest BCUT2D eigenvalue weighted by Gasteiger charge is 2.16. The third-order valence-electron chi connectivity index (χ3n) is 4.66. The van der Waals surface area contributed by atoms with Crippen LogP contribution in [0.3, 0.4) is 0 Å². The van der Waals surface area contributed by atoms with Crippen LogP contribution in [0.15, 0.2) is 49.1 Å². The zero-order valence-corrected chi connectivity index (χ0v) is 14.5. The lowest BCUT2D eigenvalue weighted by Gasteiger charge is -2.20. The highest BCUT2D eigenvalue weighted by atomic mass is 14.9. The van der Waals surface area contributed by atoms with Gasteiger partial charge in [-0.15, -0.1) is 0 Å². The van der Waals surface area contributed by atoms with Crippen LogP contribution < -0.4 is 4.57 Å². The standard InChI is InChI=1S/C21H29N2/c1-4-6-7-14-23-15-10-20(11-16-23)18(3)17-19(5-2)21-8-12-22-13-9-21/h1,8-13,15-16,18-19H,4-7,14,17H2,2-3H3/q+1. The van der Waals surface area contributed by atoms with Crippen molar-refractivity contribution >= 4 is 0 Å². The predicted octanol–water partition coefficient (Wildman–Crippen LogP) is 4.94. The van der Waals surface area contributed by atoms with Crippen LogP contribution in [0.2, 0.25) is 0 Å². The van der Waals surface area contributed by atoms with Crippen molar-refractivity contribution in [3.05, 3.63) is 67.1 Å². The molecule has 2 atom stereocenters. The van der Waals surface area contributed by atoms with Crippen LogP contribution in [0, 0.1) is 6.92 Å². The fourth-order valence-electron chi connectivity index (χ4n) is 3.12. The molecule has 2 aromatic heterocycles. The molecule has 2 heterocycles. The monoisotopic (exact) mass is 309 g/mol. The van der Waals surface area contributed by atoms with Gasteiger partial charge in [-0.05, 0) is 67.7 Å². The number of aryl methyl sites for hydroxylation is 1. The maximum absolute atomic E-state index is 5.55. The number of hydrogen-bond donors (Lipinski definition) is 0. The summed E-state index contributed by atoms with van der Waals surface area (Å²) in [6.45, 7) is 11.2. The summed E-state index contributed by atoms with van der Waals surface area (Å²) >= 11 is 0. The van der Waals surface area contributed by atoms with E-state index >= 15 is 0 Å². The molecule has 0 fully saturated rings. The smallest absolute Gasteiger partial charge is 0.169 e. The Balaban J connectivity index is 1.95. The predicted molar refractivity (Wildman–Crippen MR) is 95.1 cm³/mol. The van der Waals surface area contributed by atoms with Gasteiger partial charge in [0.25, 0.3) is 0 Å². The molecule has 2 rings (SSSR count). The van der Waals surface area contributed by atoms with Crippen LogP contribution in [0.25, 0.3) is 0 Å². The Morgan fingerprint density at radius 3 is 2.35 bits per heavy atom. The van der Waals surface area contributed by atoms with Crippen molar-refractivity contribution in [3.63, 3.8) is 0 Å². The largest absolute Gasteiger partial charge is 0.265 e. The molecule has 0 aliphatic rings. The minimum absolute atomic E-state index is 0.562. The Labute approximate surface area is 141 Å². The maximum Gasteiger partial charge on any atom is 0.169 e. The molecule has 2 aromatic rings. The molecule has 2 heteroatoms. The van der Waals surface area contributed by atoms with E-state index in [1.807, 2.05) is 12.4 Å². The van der Waals surface area contributed by atoms with Crippen LogP contribution in [0.5, 0.6) is 0 Å². The van der Waals surface area contributed by atoms with Crippen LogP contribution in [0.1, 0.15) is 68.9 Å². The second-order valence-corrected chi connectivity index (χ2v) is 6.39. The maximum atomic E-state index is 5.55.